The molecule has 2 fully saturated rings. The zero-order valence-electron chi connectivity index (χ0n) is 24.3. The van der Waals surface area contributed by atoms with Crippen LogP contribution in [-0.4, -0.2) is 129 Å². The predicted molar refractivity (Wildman–Crippen MR) is 151 cm³/mol. The lowest BCUT2D eigenvalue weighted by atomic mass is 10.1. The summed E-state index contributed by atoms with van der Waals surface area (Å²) in [6.45, 7) is 2.80. The Bertz CT molecular complexity index is 1330. The van der Waals surface area contributed by atoms with Crippen LogP contribution in [0.5, 0.6) is 5.88 Å². The molecule has 16 nitrogen and oxygen atoms in total. The molecule has 0 bridgehead atoms. The predicted octanol–water partition coefficient (Wildman–Crippen LogP) is 0.0398. The Labute approximate surface area is 253 Å². The molecule has 0 aliphatic carbocycles. The molecule has 1 aromatic carbocycles. The summed E-state index contributed by atoms with van der Waals surface area (Å²) in [5.41, 5.74) is 0.431. The van der Waals surface area contributed by atoms with Crippen molar-refractivity contribution in [2.45, 2.75) is 38.3 Å². The quantitative estimate of drug-likeness (QED) is 0.272. The fourth-order valence-electron chi connectivity index (χ4n) is 4.75. The molecule has 2 atom stereocenters. The average molecular weight is 617 g/mol. The first-order valence-electron chi connectivity index (χ1n) is 14.3. The van der Waals surface area contributed by atoms with Gasteiger partial charge in [-0.05, 0) is 31.9 Å². The van der Waals surface area contributed by atoms with E-state index in [1.54, 1.807) is 37.3 Å². The highest BCUT2D eigenvalue weighted by Crippen LogP contribution is 2.21. The number of aliphatic hydroxyl groups excluding tert-OH is 1. The highest BCUT2D eigenvalue weighted by molar-refractivity contribution is 5.96. The van der Waals surface area contributed by atoms with Crippen LogP contribution < -0.4 is 10.1 Å². The molecule has 0 saturated carbocycles. The third-order valence-corrected chi connectivity index (χ3v) is 7.04. The van der Waals surface area contributed by atoms with Crippen LogP contribution in [0.25, 0.3) is 5.69 Å². The molecule has 3 amide bonds. The third-order valence-electron chi connectivity index (χ3n) is 7.04. The summed E-state index contributed by atoms with van der Waals surface area (Å²) in [5, 5.41) is 27.3. The van der Waals surface area contributed by atoms with Crippen LogP contribution in [0.4, 0.5) is 4.79 Å². The number of benzene rings is 1. The van der Waals surface area contributed by atoms with Crippen molar-refractivity contribution in [2.24, 2.45) is 0 Å². The lowest BCUT2D eigenvalue weighted by molar-refractivity contribution is -0.157. The number of carbonyl (C=O) groups excluding carboxylic acids is 4. The van der Waals surface area contributed by atoms with Crippen LogP contribution in [0.3, 0.4) is 0 Å². The van der Waals surface area contributed by atoms with Crippen molar-refractivity contribution in [1.29, 1.82) is 0 Å². The third kappa shape index (κ3) is 8.67. The minimum Gasteiger partial charge on any atom is -0.481 e. The second-order valence-corrected chi connectivity index (χ2v) is 10.2. The van der Waals surface area contributed by atoms with Crippen LogP contribution >= 0.6 is 0 Å². The largest absolute Gasteiger partial charge is 0.527 e. The molecule has 3 N–H and O–H groups in total. The number of hydrogen-bond donors (Lipinski definition) is 3. The van der Waals surface area contributed by atoms with E-state index >= 15 is 0 Å². The van der Waals surface area contributed by atoms with E-state index in [1.807, 2.05) is 0 Å². The summed E-state index contributed by atoms with van der Waals surface area (Å²) in [6.07, 6.45) is -1.49. The fraction of sp³-hybridized carbons (Fsp3) is 0.500. The van der Waals surface area contributed by atoms with Crippen molar-refractivity contribution in [3.8, 4) is 11.6 Å². The number of aliphatic carboxylic acids is 1. The number of amides is 3. The Hall–Kier alpha value is -4.70. The minimum absolute atomic E-state index is 0.0978. The molecule has 2 aliphatic rings. The number of β-amino-alcohol motifs (C(OH)–C–C–N with tert-alkyl or cyclic N) is 1. The average Bonchev–Trinajstić information content (AvgIpc) is 3.65. The van der Waals surface area contributed by atoms with E-state index in [4.69, 9.17) is 14.3 Å². The maximum Gasteiger partial charge on any atom is 0.527 e. The monoisotopic (exact) mass is 616 g/mol. The Kier molecular flexibility index (Phi) is 11.1. The maximum atomic E-state index is 13.4. The Morgan fingerprint density at radius 1 is 1.05 bits per heavy atom. The van der Waals surface area contributed by atoms with Gasteiger partial charge in [0.2, 0.25) is 11.8 Å². The van der Waals surface area contributed by atoms with E-state index in [0.29, 0.717) is 18.7 Å². The number of para-hydroxylation sites is 1. The van der Waals surface area contributed by atoms with Gasteiger partial charge < -0.3 is 39.6 Å². The maximum absolute atomic E-state index is 13.4. The number of piperazine rings is 1. The van der Waals surface area contributed by atoms with Gasteiger partial charge in [0.1, 0.15) is 6.04 Å². The summed E-state index contributed by atoms with van der Waals surface area (Å²) in [4.78, 5) is 70.3. The zero-order valence-corrected chi connectivity index (χ0v) is 24.3. The van der Waals surface area contributed by atoms with Gasteiger partial charge in [-0.3, -0.25) is 19.2 Å². The van der Waals surface area contributed by atoms with E-state index < -0.39 is 36.1 Å². The molecular weight excluding hydrogens is 580 g/mol. The van der Waals surface area contributed by atoms with Gasteiger partial charge in [-0.25, -0.2) is 9.48 Å². The number of likely N-dealkylation sites (tertiary alicyclic amines) is 1. The van der Waals surface area contributed by atoms with Gasteiger partial charge in [-0.2, -0.15) is 5.10 Å². The number of hydrogen-bond acceptors (Lipinski definition) is 11. The molecule has 2 aliphatic heterocycles. The zero-order chi connectivity index (χ0) is 31.6. The number of carboxylic acids is 1. The van der Waals surface area contributed by atoms with Gasteiger partial charge in [0, 0.05) is 38.7 Å². The normalized spacial score (nSPS) is 17.5. The van der Waals surface area contributed by atoms with Crippen LogP contribution in [-0.2, 0) is 24.0 Å². The summed E-state index contributed by atoms with van der Waals surface area (Å²) in [6, 6.07) is 8.93. The summed E-state index contributed by atoms with van der Waals surface area (Å²) >= 11 is 0. The number of rotatable bonds is 12. The van der Waals surface area contributed by atoms with E-state index in [1.165, 1.54) is 25.6 Å². The fourth-order valence-corrected chi connectivity index (χ4v) is 4.75. The topological polar surface area (TPSA) is 193 Å². The van der Waals surface area contributed by atoms with Crippen molar-refractivity contribution in [1.82, 2.24) is 30.0 Å². The van der Waals surface area contributed by atoms with Gasteiger partial charge in [0.05, 0.1) is 31.5 Å². The number of ether oxygens (including phenoxy) is 2. The standard InChI is InChI=1S/C28H36N6O10/c1-2-42-28(41)44-33-14-12-31(13-15-33)27(40)21(8-9-25(37)38)29-26(39)22-16-24(34(30-22)19-6-4-3-5-7-19)43-18-23(36)32-11-10-20(35)17-32/h3-7,16,20-21,35H,2,8-15,17-18H2,1H3,(H,29,39)(H,37,38)/t20-,21+/m1/s1. The Balaban J connectivity index is 1.45. The van der Waals surface area contributed by atoms with E-state index in [0.717, 1.165) is 0 Å². The highest BCUT2D eigenvalue weighted by Gasteiger charge is 2.32. The van der Waals surface area contributed by atoms with E-state index in [9.17, 15) is 34.2 Å². The SMILES string of the molecule is CCOC(=O)ON1CCN(C(=O)[C@H](CCC(=O)O)NC(=O)c2cc(OCC(=O)N3CC[C@@H](O)C3)n(-c3ccccc3)n2)CC1. The van der Waals surface area contributed by atoms with Crippen LogP contribution in [0, 0.1) is 0 Å². The van der Waals surface area contributed by atoms with Crippen LogP contribution in [0.1, 0.15) is 36.7 Å². The molecule has 0 radical (unpaired) electrons. The number of carbonyl (C=O) groups is 5. The molecule has 238 valence electrons. The highest BCUT2D eigenvalue weighted by atomic mass is 16.8. The van der Waals surface area contributed by atoms with Crippen molar-refractivity contribution in [2.75, 3.05) is 52.5 Å². The molecular formula is C28H36N6O10. The molecule has 16 heteroatoms. The van der Waals surface area contributed by atoms with Crippen molar-refractivity contribution in [3.63, 3.8) is 0 Å². The molecule has 2 aromatic rings. The summed E-state index contributed by atoms with van der Waals surface area (Å²) in [5.74, 6) is -2.61. The second-order valence-electron chi connectivity index (χ2n) is 10.2. The lowest BCUT2D eigenvalue weighted by Crippen LogP contribution is -2.55. The minimum atomic E-state index is -1.18. The number of aliphatic hydroxyl groups is 1. The van der Waals surface area contributed by atoms with Crippen molar-refractivity contribution in [3.05, 3.63) is 42.1 Å². The number of hydroxylamine groups is 2. The van der Waals surface area contributed by atoms with Gasteiger partial charge >= 0.3 is 12.1 Å². The molecule has 4 rings (SSSR count). The van der Waals surface area contributed by atoms with E-state index in [2.05, 4.69) is 10.4 Å². The first kappa shape index (κ1) is 32.2. The number of carboxylic acid groups (broad SMARTS) is 1. The van der Waals surface area contributed by atoms with E-state index in [-0.39, 0.29) is 76.3 Å². The molecule has 0 unspecified atom stereocenters. The number of aromatic nitrogens is 2. The number of nitrogens with one attached hydrogen (secondary N) is 1. The van der Waals surface area contributed by atoms with Gasteiger partial charge in [-0.1, -0.05) is 18.2 Å². The number of nitrogens with zero attached hydrogens (tertiary/aromatic N) is 5. The summed E-state index contributed by atoms with van der Waals surface area (Å²) < 4.78 is 11.9. The van der Waals surface area contributed by atoms with Crippen molar-refractivity contribution < 1.29 is 48.5 Å². The molecule has 1 aromatic heterocycles. The first-order valence-corrected chi connectivity index (χ1v) is 14.3. The lowest BCUT2D eigenvalue weighted by Gasteiger charge is -2.35. The molecule has 44 heavy (non-hydrogen) atoms. The molecule has 3 heterocycles. The van der Waals surface area contributed by atoms with Gasteiger partial charge in [0.25, 0.3) is 11.8 Å². The molecule has 0 spiro atoms. The second kappa shape index (κ2) is 15.2. The first-order chi connectivity index (χ1) is 21.1. The summed E-state index contributed by atoms with van der Waals surface area (Å²) in [7, 11) is 0. The van der Waals surface area contributed by atoms with Crippen LogP contribution in [0.15, 0.2) is 36.4 Å². The van der Waals surface area contributed by atoms with Gasteiger partial charge in [0.15, 0.2) is 12.3 Å². The molecule has 2 saturated heterocycles. The van der Waals surface area contributed by atoms with Gasteiger partial charge in [-0.15, -0.1) is 5.06 Å². The van der Waals surface area contributed by atoms with Crippen LogP contribution in [0.2, 0.25) is 0 Å². The smallest absolute Gasteiger partial charge is 0.481 e. The Morgan fingerprint density at radius 2 is 1.77 bits per heavy atom. The van der Waals surface area contributed by atoms with Crippen molar-refractivity contribution >= 4 is 29.8 Å². The Morgan fingerprint density at radius 3 is 2.41 bits per heavy atom.